The zero-order valence-electron chi connectivity index (χ0n) is 12.8. The van der Waals surface area contributed by atoms with Gasteiger partial charge < -0.3 is 16.0 Å². The van der Waals surface area contributed by atoms with E-state index in [0.717, 1.165) is 30.6 Å². The molecule has 3 N–H and O–H groups in total. The van der Waals surface area contributed by atoms with E-state index in [2.05, 4.69) is 23.0 Å². The van der Waals surface area contributed by atoms with E-state index in [1.54, 1.807) is 4.90 Å². The second kappa shape index (κ2) is 8.77. The number of anilines is 1. The number of aryl methyl sites for hydroxylation is 1. The van der Waals surface area contributed by atoms with Gasteiger partial charge in [-0.05, 0) is 31.4 Å². The predicted molar refractivity (Wildman–Crippen MR) is 102 cm³/mol. The molecule has 1 aromatic rings. The molecule has 2 rings (SSSR count). The van der Waals surface area contributed by atoms with E-state index in [1.807, 2.05) is 25.1 Å². The number of amides is 1. The maximum absolute atomic E-state index is 12.3. The van der Waals surface area contributed by atoms with Crippen LogP contribution in [-0.4, -0.2) is 31.5 Å². The molecule has 0 fully saturated rings. The van der Waals surface area contributed by atoms with E-state index < -0.39 is 0 Å². The van der Waals surface area contributed by atoms with Crippen LogP contribution in [-0.2, 0) is 11.2 Å². The summed E-state index contributed by atoms with van der Waals surface area (Å²) in [7, 11) is 0. The van der Waals surface area contributed by atoms with Gasteiger partial charge >= 0.3 is 0 Å². The number of carbonyl (C=O) groups is 1. The van der Waals surface area contributed by atoms with E-state index in [9.17, 15) is 4.79 Å². The summed E-state index contributed by atoms with van der Waals surface area (Å²) in [6, 6.07) is 8.01. The Morgan fingerprint density at radius 3 is 2.91 bits per heavy atom. The highest BCUT2D eigenvalue weighted by Crippen LogP contribution is 2.26. The third kappa shape index (κ3) is 5.01. The Bertz CT molecular complexity index is 571. The largest absolute Gasteiger partial charge is 0.370 e. The van der Waals surface area contributed by atoms with Gasteiger partial charge in [0.05, 0.1) is 0 Å². The van der Waals surface area contributed by atoms with E-state index in [0.29, 0.717) is 6.54 Å². The third-order valence-electron chi connectivity index (χ3n) is 3.37. The minimum absolute atomic E-state index is 0. The van der Waals surface area contributed by atoms with Gasteiger partial charge in [-0.3, -0.25) is 4.79 Å². The fraction of sp³-hybridized carbons (Fsp3) is 0.375. The topological polar surface area (TPSA) is 70.7 Å². The summed E-state index contributed by atoms with van der Waals surface area (Å²) in [5, 5.41) is 2.92. The second-order valence-electron chi connectivity index (χ2n) is 5.29. The number of fused-ring (bicyclic) bond motifs is 1. The van der Waals surface area contributed by atoms with E-state index in [-0.39, 0.29) is 42.4 Å². The number of rotatable bonds is 4. The number of nitrogens with zero attached hydrogens (tertiary/aromatic N) is 2. The number of hydrogen-bond acceptors (Lipinski definition) is 2. The van der Waals surface area contributed by atoms with Crippen LogP contribution >= 0.6 is 24.0 Å². The molecule has 22 heavy (non-hydrogen) atoms. The number of nitrogens with two attached hydrogens (primary N) is 1. The Balaban J connectivity index is 0.00000242. The molecule has 1 aliphatic rings. The van der Waals surface area contributed by atoms with Gasteiger partial charge in [0.15, 0.2) is 5.96 Å². The number of halogens is 1. The standard InChI is InChI=1S/C16H22N4O.HI/c1-12(2)10-18-16(17)19-11-15(21)20-9-5-7-13-6-3-4-8-14(13)20;/h3-4,6,8H,1,5,7,9-11H2,2H3,(H3,17,18,19);1H. The fourth-order valence-corrected chi connectivity index (χ4v) is 2.33. The summed E-state index contributed by atoms with van der Waals surface area (Å²) < 4.78 is 0. The van der Waals surface area contributed by atoms with Gasteiger partial charge in [0.1, 0.15) is 6.54 Å². The zero-order chi connectivity index (χ0) is 15.2. The molecular formula is C16H23IN4O. The maximum atomic E-state index is 12.3. The molecule has 0 aromatic heterocycles. The Hall–Kier alpha value is -1.57. The van der Waals surface area contributed by atoms with Crippen LogP contribution in [0, 0.1) is 0 Å². The monoisotopic (exact) mass is 414 g/mol. The molecule has 0 aliphatic carbocycles. The molecule has 0 saturated carbocycles. The van der Waals surface area contributed by atoms with Crippen molar-refractivity contribution in [1.82, 2.24) is 5.32 Å². The van der Waals surface area contributed by atoms with Gasteiger partial charge in [-0.15, -0.1) is 24.0 Å². The van der Waals surface area contributed by atoms with E-state index >= 15 is 0 Å². The van der Waals surface area contributed by atoms with Gasteiger partial charge in [0.25, 0.3) is 0 Å². The third-order valence-corrected chi connectivity index (χ3v) is 3.37. The fourth-order valence-electron chi connectivity index (χ4n) is 2.33. The second-order valence-corrected chi connectivity index (χ2v) is 5.29. The molecule has 6 heteroatoms. The van der Waals surface area contributed by atoms with Gasteiger partial charge in [-0.2, -0.15) is 0 Å². The van der Waals surface area contributed by atoms with Gasteiger partial charge in [-0.1, -0.05) is 30.4 Å². The Morgan fingerprint density at radius 1 is 1.45 bits per heavy atom. The summed E-state index contributed by atoms with van der Waals surface area (Å²) in [6.45, 7) is 7.04. The molecule has 0 spiro atoms. The minimum atomic E-state index is -0.0257. The molecule has 5 nitrogen and oxygen atoms in total. The Kier molecular flexibility index (Phi) is 7.37. The minimum Gasteiger partial charge on any atom is -0.370 e. The summed E-state index contributed by atoms with van der Waals surface area (Å²) in [4.78, 5) is 18.2. The lowest BCUT2D eigenvalue weighted by Crippen LogP contribution is -2.38. The van der Waals surface area contributed by atoms with Crippen molar-refractivity contribution < 1.29 is 4.79 Å². The van der Waals surface area contributed by atoms with Crippen molar-refractivity contribution >= 4 is 41.5 Å². The first kappa shape index (κ1) is 18.5. The van der Waals surface area contributed by atoms with Crippen LogP contribution < -0.4 is 16.0 Å². The van der Waals surface area contributed by atoms with E-state index in [1.165, 1.54) is 5.56 Å². The highest BCUT2D eigenvalue weighted by Gasteiger charge is 2.21. The molecule has 1 aromatic carbocycles. The molecule has 0 bridgehead atoms. The first-order valence-corrected chi connectivity index (χ1v) is 7.14. The van der Waals surface area contributed by atoms with Crippen molar-refractivity contribution in [3.05, 3.63) is 42.0 Å². The Labute approximate surface area is 148 Å². The lowest BCUT2D eigenvalue weighted by molar-refractivity contribution is -0.117. The average Bonchev–Trinajstić information content (AvgIpc) is 2.50. The number of nitrogens with one attached hydrogen (secondary N) is 1. The van der Waals surface area contributed by atoms with Crippen molar-refractivity contribution in [2.75, 3.05) is 24.5 Å². The van der Waals surface area contributed by atoms with Crippen molar-refractivity contribution in [2.45, 2.75) is 19.8 Å². The average molecular weight is 414 g/mol. The zero-order valence-corrected chi connectivity index (χ0v) is 15.2. The predicted octanol–water partition coefficient (Wildman–Crippen LogP) is 2.06. The number of carbonyl (C=O) groups excluding carboxylic acids is 1. The van der Waals surface area contributed by atoms with Crippen LogP contribution in [0.2, 0.25) is 0 Å². The van der Waals surface area contributed by atoms with Gasteiger partial charge in [-0.25, -0.2) is 4.99 Å². The van der Waals surface area contributed by atoms with Crippen LogP contribution in [0.4, 0.5) is 5.69 Å². The normalized spacial score (nSPS) is 13.9. The van der Waals surface area contributed by atoms with Crippen molar-refractivity contribution in [3.8, 4) is 0 Å². The summed E-state index contributed by atoms with van der Waals surface area (Å²) >= 11 is 0. The summed E-state index contributed by atoms with van der Waals surface area (Å²) in [5.41, 5.74) is 8.90. The molecule has 0 unspecified atom stereocenters. The van der Waals surface area contributed by atoms with Crippen LogP contribution in [0.1, 0.15) is 18.9 Å². The lowest BCUT2D eigenvalue weighted by Gasteiger charge is -2.29. The molecule has 1 heterocycles. The van der Waals surface area contributed by atoms with Crippen molar-refractivity contribution in [1.29, 1.82) is 0 Å². The SMILES string of the molecule is C=C(C)CNC(N)=NCC(=O)N1CCCc2ccccc21.I. The van der Waals surface area contributed by atoms with Crippen LogP contribution in [0.3, 0.4) is 0 Å². The number of aliphatic imine (C=N–C) groups is 1. The molecule has 0 atom stereocenters. The first-order valence-electron chi connectivity index (χ1n) is 7.14. The van der Waals surface area contributed by atoms with Crippen molar-refractivity contribution in [3.63, 3.8) is 0 Å². The lowest BCUT2D eigenvalue weighted by atomic mass is 10.0. The van der Waals surface area contributed by atoms with Gasteiger partial charge in [0.2, 0.25) is 5.91 Å². The summed E-state index contributed by atoms with van der Waals surface area (Å²) in [5.74, 6) is 0.249. The smallest absolute Gasteiger partial charge is 0.248 e. The molecule has 1 amide bonds. The number of guanidine groups is 1. The van der Waals surface area contributed by atoms with Crippen LogP contribution in [0.15, 0.2) is 41.4 Å². The molecular weight excluding hydrogens is 391 g/mol. The highest BCUT2D eigenvalue weighted by molar-refractivity contribution is 14.0. The summed E-state index contributed by atoms with van der Waals surface area (Å²) in [6.07, 6.45) is 2.00. The number of benzene rings is 1. The van der Waals surface area contributed by atoms with Crippen molar-refractivity contribution in [2.24, 2.45) is 10.7 Å². The highest BCUT2D eigenvalue weighted by atomic mass is 127. The quantitative estimate of drug-likeness (QED) is 0.343. The molecule has 1 aliphatic heterocycles. The number of hydrogen-bond donors (Lipinski definition) is 2. The van der Waals surface area contributed by atoms with E-state index in [4.69, 9.17) is 5.73 Å². The first-order chi connectivity index (χ1) is 10.1. The maximum Gasteiger partial charge on any atom is 0.248 e. The van der Waals surface area contributed by atoms with Gasteiger partial charge in [0, 0.05) is 18.8 Å². The molecule has 120 valence electrons. The van der Waals surface area contributed by atoms with Crippen LogP contribution in [0.25, 0.3) is 0 Å². The molecule has 0 saturated heterocycles. The van der Waals surface area contributed by atoms with Crippen LogP contribution in [0.5, 0.6) is 0 Å². The Morgan fingerprint density at radius 2 is 2.18 bits per heavy atom. The molecule has 0 radical (unpaired) electrons. The number of para-hydroxylation sites is 1.